The highest BCUT2D eigenvalue weighted by Crippen LogP contribution is 2.12. The van der Waals surface area contributed by atoms with Gasteiger partial charge in [0.1, 0.15) is 13.2 Å². The van der Waals surface area contributed by atoms with E-state index in [0.29, 0.717) is 19.2 Å². The van der Waals surface area contributed by atoms with Crippen molar-refractivity contribution in [3.8, 4) is 0 Å². The number of hydrogen-bond acceptors (Lipinski definition) is 2. The summed E-state index contributed by atoms with van der Waals surface area (Å²) in [7, 11) is 0. The standard InChI is InChI=1S/C9H13IO2/c1-8-11-6-9(7-12-8)4-2-3-5-10/h4H,1-3,5-7H2. The molecule has 1 rings (SSSR count). The van der Waals surface area contributed by atoms with E-state index in [2.05, 4.69) is 35.2 Å². The second-order valence-electron chi connectivity index (χ2n) is 2.64. The molecule has 0 spiro atoms. The zero-order chi connectivity index (χ0) is 8.81. The van der Waals surface area contributed by atoms with Gasteiger partial charge < -0.3 is 9.47 Å². The third-order valence-electron chi connectivity index (χ3n) is 1.61. The maximum Gasteiger partial charge on any atom is 0.272 e. The first-order valence-corrected chi connectivity index (χ1v) is 5.54. The van der Waals surface area contributed by atoms with Gasteiger partial charge in [-0.2, -0.15) is 0 Å². The van der Waals surface area contributed by atoms with Crippen LogP contribution in [0.15, 0.2) is 24.2 Å². The maximum absolute atomic E-state index is 5.13. The van der Waals surface area contributed by atoms with Crippen LogP contribution in [0.2, 0.25) is 0 Å². The fourth-order valence-corrected chi connectivity index (χ4v) is 1.37. The molecule has 0 unspecified atom stereocenters. The lowest BCUT2D eigenvalue weighted by Gasteiger charge is -2.18. The van der Waals surface area contributed by atoms with Gasteiger partial charge in [-0.1, -0.05) is 28.7 Å². The lowest BCUT2D eigenvalue weighted by Crippen LogP contribution is -2.13. The van der Waals surface area contributed by atoms with Crippen LogP contribution >= 0.6 is 22.6 Å². The van der Waals surface area contributed by atoms with Crippen LogP contribution < -0.4 is 0 Å². The topological polar surface area (TPSA) is 18.5 Å². The van der Waals surface area contributed by atoms with Crippen molar-refractivity contribution in [3.63, 3.8) is 0 Å². The monoisotopic (exact) mass is 280 g/mol. The van der Waals surface area contributed by atoms with Gasteiger partial charge in [0.05, 0.1) is 0 Å². The van der Waals surface area contributed by atoms with Crippen LogP contribution in [0.25, 0.3) is 0 Å². The minimum atomic E-state index is 0.445. The van der Waals surface area contributed by atoms with Gasteiger partial charge in [0.25, 0.3) is 5.95 Å². The number of unbranched alkanes of at least 4 members (excludes halogenated alkanes) is 1. The molecule has 12 heavy (non-hydrogen) atoms. The average Bonchev–Trinajstić information content (AvgIpc) is 2.09. The largest absolute Gasteiger partial charge is 0.461 e. The Bertz CT molecular complexity index is 175. The molecule has 0 aromatic rings. The Balaban J connectivity index is 2.24. The summed E-state index contributed by atoms with van der Waals surface area (Å²) < 4.78 is 11.5. The van der Waals surface area contributed by atoms with Crippen molar-refractivity contribution in [2.75, 3.05) is 17.6 Å². The van der Waals surface area contributed by atoms with E-state index in [1.165, 1.54) is 16.4 Å². The molecule has 1 fully saturated rings. The molecule has 0 radical (unpaired) electrons. The number of hydrogen-bond donors (Lipinski definition) is 0. The van der Waals surface area contributed by atoms with Crippen molar-refractivity contribution in [2.24, 2.45) is 0 Å². The van der Waals surface area contributed by atoms with Crippen LogP contribution in [-0.2, 0) is 9.47 Å². The molecule has 1 heterocycles. The highest BCUT2D eigenvalue weighted by molar-refractivity contribution is 14.1. The fourth-order valence-electron chi connectivity index (χ4n) is 0.931. The SMILES string of the molecule is C=C1OCC(=CCCCI)CO1. The number of ether oxygens (including phenoxy) is 2. The quantitative estimate of drug-likeness (QED) is 0.342. The van der Waals surface area contributed by atoms with E-state index in [1.807, 2.05) is 0 Å². The highest BCUT2D eigenvalue weighted by atomic mass is 127. The second-order valence-corrected chi connectivity index (χ2v) is 3.72. The fraction of sp³-hybridized carbons (Fsp3) is 0.556. The van der Waals surface area contributed by atoms with Crippen molar-refractivity contribution < 1.29 is 9.47 Å². The zero-order valence-electron chi connectivity index (χ0n) is 7.01. The normalized spacial score (nSPS) is 16.8. The van der Waals surface area contributed by atoms with Crippen LogP contribution in [0.5, 0.6) is 0 Å². The summed E-state index contributed by atoms with van der Waals surface area (Å²) in [6, 6.07) is 0. The Hall–Kier alpha value is -0.190. The molecule has 0 N–H and O–H groups in total. The minimum absolute atomic E-state index is 0.445. The Kier molecular flexibility index (Phi) is 4.50. The van der Waals surface area contributed by atoms with Crippen LogP contribution in [-0.4, -0.2) is 17.6 Å². The molecule has 0 aliphatic carbocycles. The first-order chi connectivity index (χ1) is 5.83. The van der Waals surface area contributed by atoms with Crippen molar-refractivity contribution in [3.05, 3.63) is 24.2 Å². The van der Waals surface area contributed by atoms with Gasteiger partial charge in [-0.05, 0) is 23.8 Å². The van der Waals surface area contributed by atoms with Gasteiger partial charge in [-0.3, -0.25) is 0 Å². The number of allylic oxidation sites excluding steroid dienone is 1. The van der Waals surface area contributed by atoms with E-state index in [-0.39, 0.29) is 0 Å². The highest BCUT2D eigenvalue weighted by Gasteiger charge is 2.08. The summed E-state index contributed by atoms with van der Waals surface area (Å²) in [5.74, 6) is 0.445. The Morgan fingerprint density at radius 3 is 2.67 bits per heavy atom. The van der Waals surface area contributed by atoms with Crippen LogP contribution in [0.3, 0.4) is 0 Å². The lowest BCUT2D eigenvalue weighted by molar-refractivity contribution is 0.0202. The molecular formula is C9H13IO2. The number of rotatable bonds is 3. The second kappa shape index (κ2) is 5.45. The molecule has 1 aliphatic heterocycles. The molecule has 0 bridgehead atoms. The summed E-state index contributed by atoms with van der Waals surface area (Å²) >= 11 is 2.38. The van der Waals surface area contributed by atoms with Crippen LogP contribution in [0.1, 0.15) is 12.8 Å². The lowest BCUT2D eigenvalue weighted by atomic mass is 10.2. The van der Waals surface area contributed by atoms with Gasteiger partial charge in [0, 0.05) is 5.57 Å². The first-order valence-electron chi connectivity index (χ1n) is 4.01. The van der Waals surface area contributed by atoms with E-state index in [9.17, 15) is 0 Å². The molecule has 1 aliphatic rings. The number of halogens is 1. The van der Waals surface area contributed by atoms with Gasteiger partial charge in [-0.25, -0.2) is 0 Å². The van der Waals surface area contributed by atoms with E-state index < -0.39 is 0 Å². The smallest absolute Gasteiger partial charge is 0.272 e. The Morgan fingerprint density at radius 1 is 1.42 bits per heavy atom. The molecule has 0 aromatic carbocycles. The molecule has 1 saturated heterocycles. The maximum atomic E-state index is 5.13. The Morgan fingerprint density at radius 2 is 2.08 bits per heavy atom. The van der Waals surface area contributed by atoms with Crippen molar-refractivity contribution in [1.29, 1.82) is 0 Å². The molecule has 0 amide bonds. The van der Waals surface area contributed by atoms with Gasteiger partial charge in [-0.15, -0.1) is 0 Å². The molecule has 2 nitrogen and oxygen atoms in total. The van der Waals surface area contributed by atoms with Gasteiger partial charge >= 0.3 is 0 Å². The molecule has 0 atom stereocenters. The minimum Gasteiger partial charge on any atom is -0.461 e. The summed E-state index contributed by atoms with van der Waals surface area (Å²) in [4.78, 5) is 0. The summed E-state index contributed by atoms with van der Waals surface area (Å²) in [5.41, 5.74) is 1.23. The van der Waals surface area contributed by atoms with E-state index >= 15 is 0 Å². The van der Waals surface area contributed by atoms with Crippen LogP contribution in [0, 0.1) is 0 Å². The molecular weight excluding hydrogens is 267 g/mol. The molecule has 0 aromatic heterocycles. The first kappa shape index (κ1) is 9.89. The predicted octanol–water partition coefficient (Wildman–Crippen LogP) is 2.65. The van der Waals surface area contributed by atoms with Gasteiger partial charge in [0.2, 0.25) is 0 Å². The molecule has 0 saturated carbocycles. The van der Waals surface area contributed by atoms with Gasteiger partial charge in [0.15, 0.2) is 0 Å². The number of alkyl halides is 1. The summed E-state index contributed by atoms with van der Waals surface area (Å²) in [5, 5.41) is 0. The van der Waals surface area contributed by atoms with Crippen molar-refractivity contribution in [1.82, 2.24) is 0 Å². The Labute approximate surface area is 86.8 Å². The van der Waals surface area contributed by atoms with Crippen LogP contribution in [0.4, 0.5) is 0 Å². The van der Waals surface area contributed by atoms with Crippen molar-refractivity contribution in [2.45, 2.75) is 12.8 Å². The van der Waals surface area contributed by atoms with E-state index in [4.69, 9.17) is 9.47 Å². The molecule has 3 heteroatoms. The van der Waals surface area contributed by atoms with E-state index in [0.717, 1.165) is 6.42 Å². The van der Waals surface area contributed by atoms with Crippen molar-refractivity contribution >= 4 is 22.6 Å². The molecule has 68 valence electrons. The third-order valence-corrected chi connectivity index (χ3v) is 2.37. The average molecular weight is 280 g/mol. The summed E-state index contributed by atoms with van der Waals surface area (Å²) in [6.45, 7) is 4.88. The predicted molar refractivity (Wildman–Crippen MR) is 57.2 cm³/mol. The van der Waals surface area contributed by atoms with E-state index in [1.54, 1.807) is 0 Å². The third kappa shape index (κ3) is 3.47. The zero-order valence-corrected chi connectivity index (χ0v) is 9.17. The summed E-state index contributed by atoms with van der Waals surface area (Å²) in [6.07, 6.45) is 4.55.